The number of carbonyl (C=O) groups excluding carboxylic acids is 1. The van der Waals surface area contributed by atoms with Gasteiger partial charge in [-0.1, -0.05) is 0 Å². The van der Waals surface area contributed by atoms with Crippen molar-refractivity contribution < 1.29 is 9.90 Å². The third-order valence-electron chi connectivity index (χ3n) is 2.68. The molecule has 0 unspecified atom stereocenters. The molecule has 0 aromatic rings. The Labute approximate surface area is 91.4 Å². The molecule has 1 saturated carbocycles. The van der Waals surface area contributed by atoms with Crippen LogP contribution in [0.15, 0.2) is 0 Å². The largest absolute Gasteiger partial charge is 0.388 e. The van der Waals surface area contributed by atoms with Crippen molar-refractivity contribution in [2.24, 2.45) is 0 Å². The highest BCUT2D eigenvalue weighted by molar-refractivity contribution is 5.78. The van der Waals surface area contributed by atoms with Crippen LogP contribution in [0.2, 0.25) is 0 Å². The van der Waals surface area contributed by atoms with Crippen LogP contribution < -0.4 is 10.6 Å². The average Bonchev–Trinajstić information content (AvgIpc) is 2.07. The van der Waals surface area contributed by atoms with E-state index in [1.54, 1.807) is 0 Å². The summed E-state index contributed by atoms with van der Waals surface area (Å²) in [6.45, 7) is 6.73. The number of hydrogen-bond donors (Lipinski definition) is 3. The van der Waals surface area contributed by atoms with Crippen LogP contribution in [-0.4, -0.2) is 35.2 Å². The van der Waals surface area contributed by atoms with Crippen molar-refractivity contribution in [2.45, 2.75) is 51.2 Å². The molecule has 0 atom stereocenters. The van der Waals surface area contributed by atoms with Crippen LogP contribution >= 0.6 is 0 Å². The molecule has 0 heterocycles. The van der Waals surface area contributed by atoms with Gasteiger partial charge in [0.2, 0.25) is 5.91 Å². The summed E-state index contributed by atoms with van der Waals surface area (Å²) in [6.07, 6.45) is 2.67. The number of aliphatic hydroxyl groups is 1. The third kappa shape index (κ3) is 4.62. The van der Waals surface area contributed by atoms with Gasteiger partial charge in [-0.3, -0.25) is 4.79 Å². The molecule has 0 bridgehead atoms. The van der Waals surface area contributed by atoms with Crippen LogP contribution in [0.5, 0.6) is 0 Å². The summed E-state index contributed by atoms with van der Waals surface area (Å²) in [5, 5.41) is 15.6. The lowest BCUT2D eigenvalue weighted by molar-refractivity contribution is -0.123. The molecule has 4 heteroatoms. The smallest absolute Gasteiger partial charge is 0.234 e. The second-order valence-corrected chi connectivity index (χ2v) is 5.46. The van der Waals surface area contributed by atoms with E-state index in [9.17, 15) is 9.90 Å². The Morgan fingerprint density at radius 2 is 2.00 bits per heavy atom. The van der Waals surface area contributed by atoms with Crippen molar-refractivity contribution in [2.75, 3.05) is 13.1 Å². The molecule has 15 heavy (non-hydrogen) atoms. The topological polar surface area (TPSA) is 61.4 Å². The summed E-state index contributed by atoms with van der Waals surface area (Å²) in [5.41, 5.74) is -0.678. The van der Waals surface area contributed by atoms with E-state index in [1.165, 1.54) is 0 Å². The Bertz CT molecular complexity index is 229. The Kier molecular flexibility index (Phi) is 3.73. The van der Waals surface area contributed by atoms with Gasteiger partial charge in [-0.05, 0) is 40.0 Å². The number of nitrogens with one attached hydrogen (secondary N) is 2. The van der Waals surface area contributed by atoms with Gasteiger partial charge in [0.1, 0.15) is 0 Å². The van der Waals surface area contributed by atoms with Crippen LogP contribution in [-0.2, 0) is 4.79 Å². The predicted molar refractivity (Wildman–Crippen MR) is 59.6 cm³/mol. The highest BCUT2D eigenvalue weighted by Gasteiger charge is 2.34. The second-order valence-electron chi connectivity index (χ2n) is 5.46. The van der Waals surface area contributed by atoms with Crippen LogP contribution in [0.25, 0.3) is 0 Å². The molecule has 1 amide bonds. The van der Waals surface area contributed by atoms with Crippen LogP contribution in [0, 0.1) is 0 Å². The first kappa shape index (κ1) is 12.5. The highest BCUT2D eigenvalue weighted by atomic mass is 16.3. The van der Waals surface area contributed by atoms with Gasteiger partial charge in [-0.25, -0.2) is 0 Å². The molecule has 0 radical (unpaired) electrons. The number of amides is 1. The van der Waals surface area contributed by atoms with E-state index in [0.29, 0.717) is 13.1 Å². The zero-order chi connectivity index (χ0) is 11.5. The van der Waals surface area contributed by atoms with Gasteiger partial charge in [-0.15, -0.1) is 0 Å². The summed E-state index contributed by atoms with van der Waals surface area (Å²) in [5.74, 6) is -0.0507. The van der Waals surface area contributed by atoms with Crippen molar-refractivity contribution in [1.29, 1.82) is 0 Å². The summed E-state index contributed by atoms with van der Waals surface area (Å²) in [4.78, 5) is 11.4. The normalized spacial score (nSPS) is 19.5. The third-order valence-corrected chi connectivity index (χ3v) is 2.68. The Hall–Kier alpha value is -0.610. The first-order valence-electron chi connectivity index (χ1n) is 5.55. The molecule has 1 aliphatic rings. The molecule has 0 aromatic carbocycles. The van der Waals surface area contributed by atoms with Crippen LogP contribution in [0.1, 0.15) is 40.0 Å². The second kappa shape index (κ2) is 4.49. The molecule has 0 aromatic heterocycles. The molecule has 4 nitrogen and oxygen atoms in total. The lowest BCUT2D eigenvalue weighted by atomic mass is 9.80. The van der Waals surface area contributed by atoms with Crippen molar-refractivity contribution in [3.8, 4) is 0 Å². The lowest BCUT2D eigenvalue weighted by Gasteiger charge is -2.36. The fraction of sp³-hybridized carbons (Fsp3) is 0.909. The highest BCUT2D eigenvalue weighted by Crippen LogP contribution is 2.30. The van der Waals surface area contributed by atoms with Gasteiger partial charge in [0.05, 0.1) is 12.1 Å². The zero-order valence-corrected chi connectivity index (χ0v) is 9.89. The summed E-state index contributed by atoms with van der Waals surface area (Å²) < 4.78 is 0. The first-order valence-corrected chi connectivity index (χ1v) is 5.55. The lowest BCUT2D eigenvalue weighted by Crippen LogP contribution is -2.50. The zero-order valence-electron chi connectivity index (χ0n) is 9.89. The van der Waals surface area contributed by atoms with E-state index >= 15 is 0 Å². The molecule has 88 valence electrons. The summed E-state index contributed by atoms with van der Waals surface area (Å²) >= 11 is 0. The van der Waals surface area contributed by atoms with Gasteiger partial charge in [0, 0.05) is 12.1 Å². The van der Waals surface area contributed by atoms with E-state index in [4.69, 9.17) is 0 Å². The molecular formula is C11H22N2O2. The van der Waals surface area contributed by atoms with Gasteiger partial charge < -0.3 is 15.7 Å². The van der Waals surface area contributed by atoms with Gasteiger partial charge in [0.15, 0.2) is 0 Å². The van der Waals surface area contributed by atoms with E-state index in [0.717, 1.165) is 19.3 Å². The molecule has 0 spiro atoms. The van der Waals surface area contributed by atoms with Crippen molar-refractivity contribution in [3.05, 3.63) is 0 Å². The molecule has 1 rings (SSSR count). The number of hydrogen-bond acceptors (Lipinski definition) is 3. The van der Waals surface area contributed by atoms with Gasteiger partial charge >= 0.3 is 0 Å². The Morgan fingerprint density at radius 1 is 1.40 bits per heavy atom. The van der Waals surface area contributed by atoms with E-state index in [1.807, 2.05) is 20.8 Å². The van der Waals surface area contributed by atoms with Crippen molar-refractivity contribution in [3.63, 3.8) is 0 Å². The molecule has 0 saturated heterocycles. The average molecular weight is 214 g/mol. The van der Waals surface area contributed by atoms with Gasteiger partial charge in [0.25, 0.3) is 0 Å². The van der Waals surface area contributed by atoms with Crippen molar-refractivity contribution >= 4 is 5.91 Å². The molecule has 0 aliphatic heterocycles. The maximum Gasteiger partial charge on any atom is 0.234 e. The van der Waals surface area contributed by atoms with Crippen molar-refractivity contribution in [1.82, 2.24) is 10.6 Å². The standard InChI is InChI=1S/C11H22N2O2/c1-10(2,3)13-7-9(14)12-8-11(15)5-4-6-11/h13,15H,4-8H2,1-3H3,(H,12,14). The maximum absolute atomic E-state index is 11.4. The van der Waals surface area contributed by atoms with Crippen LogP contribution in [0.3, 0.4) is 0 Å². The molecule has 1 aliphatic carbocycles. The monoisotopic (exact) mass is 214 g/mol. The number of rotatable bonds is 4. The summed E-state index contributed by atoms with van der Waals surface area (Å²) in [6, 6.07) is 0. The van der Waals surface area contributed by atoms with E-state index < -0.39 is 5.60 Å². The van der Waals surface area contributed by atoms with E-state index in [-0.39, 0.29) is 11.4 Å². The Morgan fingerprint density at radius 3 is 2.40 bits per heavy atom. The fourth-order valence-corrected chi connectivity index (χ4v) is 1.43. The maximum atomic E-state index is 11.4. The minimum atomic E-state index is -0.628. The molecule has 3 N–H and O–H groups in total. The minimum Gasteiger partial charge on any atom is -0.388 e. The minimum absolute atomic E-state index is 0.0507. The quantitative estimate of drug-likeness (QED) is 0.635. The first-order chi connectivity index (χ1) is 6.81. The molecule has 1 fully saturated rings. The number of carbonyl (C=O) groups is 1. The van der Waals surface area contributed by atoms with Crippen LogP contribution in [0.4, 0.5) is 0 Å². The van der Waals surface area contributed by atoms with E-state index in [2.05, 4.69) is 10.6 Å². The summed E-state index contributed by atoms with van der Waals surface area (Å²) in [7, 11) is 0. The SMILES string of the molecule is CC(C)(C)NCC(=O)NCC1(O)CCC1. The van der Waals surface area contributed by atoms with Gasteiger partial charge in [-0.2, -0.15) is 0 Å². The predicted octanol–water partition coefficient (Wildman–Crippen LogP) is 0.406. The fourth-order valence-electron chi connectivity index (χ4n) is 1.43. The molecular weight excluding hydrogens is 192 g/mol. The Balaban J connectivity index is 2.14.